The van der Waals surface area contributed by atoms with Gasteiger partial charge in [-0.05, 0) is 30.4 Å². The Morgan fingerprint density at radius 2 is 2.12 bits per heavy atom. The SMILES string of the molecule is CCCCCn1cnnc1SCC(=O)Nc1c(C)cccc1C(C)C. The van der Waals surface area contributed by atoms with E-state index in [0.29, 0.717) is 11.7 Å². The van der Waals surface area contributed by atoms with E-state index >= 15 is 0 Å². The molecule has 0 atom stereocenters. The van der Waals surface area contributed by atoms with Gasteiger partial charge in [-0.2, -0.15) is 0 Å². The molecule has 0 spiro atoms. The van der Waals surface area contributed by atoms with Crippen molar-refractivity contribution < 1.29 is 4.79 Å². The van der Waals surface area contributed by atoms with Gasteiger partial charge in [-0.15, -0.1) is 10.2 Å². The number of hydrogen-bond acceptors (Lipinski definition) is 4. The number of nitrogens with one attached hydrogen (secondary N) is 1. The molecule has 0 aliphatic heterocycles. The monoisotopic (exact) mass is 360 g/mol. The zero-order valence-corrected chi connectivity index (χ0v) is 16.4. The minimum atomic E-state index is -0.00990. The summed E-state index contributed by atoms with van der Waals surface area (Å²) in [5.74, 6) is 0.687. The summed E-state index contributed by atoms with van der Waals surface area (Å²) in [6, 6.07) is 6.14. The first-order valence-electron chi connectivity index (χ1n) is 8.92. The van der Waals surface area contributed by atoms with Crippen LogP contribution in [0.4, 0.5) is 5.69 Å². The van der Waals surface area contributed by atoms with E-state index in [-0.39, 0.29) is 5.91 Å². The van der Waals surface area contributed by atoms with Gasteiger partial charge in [0.05, 0.1) is 5.75 Å². The van der Waals surface area contributed by atoms with E-state index in [1.165, 1.54) is 30.2 Å². The van der Waals surface area contributed by atoms with Crippen molar-refractivity contribution in [2.75, 3.05) is 11.1 Å². The van der Waals surface area contributed by atoms with Crippen LogP contribution < -0.4 is 5.32 Å². The Balaban J connectivity index is 1.95. The fraction of sp³-hybridized carbons (Fsp3) is 0.526. The Morgan fingerprint density at radius 1 is 1.32 bits per heavy atom. The van der Waals surface area contributed by atoms with Crippen molar-refractivity contribution in [3.05, 3.63) is 35.7 Å². The molecule has 0 radical (unpaired) electrons. The number of aromatic nitrogens is 3. The first kappa shape index (κ1) is 19.5. The van der Waals surface area contributed by atoms with Crippen molar-refractivity contribution in [3.8, 4) is 0 Å². The van der Waals surface area contributed by atoms with Gasteiger partial charge in [-0.25, -0.2) is 0 Å². The summed E-state index contributed by atoms with van der Waals surface area (Å²) in [6.45, 7) is 9.39. The number of thioether (sulfide) groups is 1. The van der Waals surface area contributed by atoms with Gasteiger partial charge in [0.1, 0.15) is 6.33 Å². The van der Waals surface area contributed by atoms with Crippen molar-refractivity contribution in [1.29, 1.82) is 0 Å². The molecule has 0 saturated heterocycles. The van der Waals surface area contributed by atoms with E-state index in [9.17, 15) is 4.79 Å². The third kappa shape index (κ3) is 5.59. The lowest BCUT2D eigenvalue weighted by molar-refractivity contribution is -0.113. The molecule has 1 amide bonds. The second-order valence-corrected chi connectivity index (χ2v) is 7.49. The molecule has 0 aliphatic rings. The standard InChI is InChI=1S/C19H28N4OS/c1-5-6-7-11-23-13-20-22-19(23)25-12-17(24)21-18-15(4)9-8-10-16(18)14(2)3/h8-10,13-14H,5-7,11-12H2,1-4H3,(H,21,24). The number of para-hydroxylation sites is 1. The number of rotatable bonds is 9. The van der Waals surface area contributed by atoms with E-state index in [4.69, 9.17) is 0 Å². The van der Waals surface area contributed by atoms with Crippen LogP contribution in [0, 0.1) is 6.92 Å². The summed E-state index contributed by atoms with van der Waals surface area (Å²) in [4.78, 5) is 12.4. The molecule has 2 aromatic rings. The molecular weight excluding hydrogens is 332 g/mol. The molecule has 2 rings (SSSR count). The molecule has 5 nitrogen and oxygen atoms in total. The normalized spacial score (nSPS) is 11.1. The quantitative estimate of drug-likeness (QED) is 0.523. The number of carbonyl (C=O) groups is 1. The van der Waals surface area contributed by atoms with E-state index in [1.54, 1.807) is 6.33 Å². The number of unbranched alkanes of at least 4 members (excludes halogenated alkanes) is 2. The Kier molecular flexibility index (Phi) is 7.50. The molecule has 1 aromatic carbocycles. The molecule has 6 heteroatoms. The van der Waals surface area contributed by atoms with Gasteiger partial charge < -0.3 is 9.88 Å². The lowest BCUT2D eigenvalue weighted by Crippen LogP contribution is -2.17. The van der Waals surface area contributed by atoms with Gasteiger partial charge >= 0.3 is 0 Å². The van der Waals surface area contributed by atoms with E-state index in [1.807, 2.05) is 23.6 Å². The van der Waals surface area contributed by atoms with E-state index in [2.05, 4.69) is 42.4 Å². The van der Waals surface area contributed by atoms with Crippen LogP contribution in [0.5, 0.6) is 0 Å². The predicted molar refractivity (Wildman–Crippen MR) is 104 cm³/mol. The maximum absolute atomic E-state index is 12.4. The highest BCUT2D eigenvalue weighted by Gasteiger charge is 2.13. The van der Waals surface area contributed by atoms with Gasteiger partial charge in [0.2, 0.25) is 5.91 Å². The minimum Gasteiger partial charge on any atom is -0.325 e. The second kappa shape index (κ2) is 9.61. The van der Waals surface area contributed by atoms with Crippen molar-refractivity contribution in [2.45, 2.75) is 64.6 Å². The van der Waals surface area contributed by atoms with Crippen LogP contribution in [0.15, 0.2) is 29.7 Å². The summed E-state index contributed by atoms with van der Waals surface area (Å²) < 4.78 is 2.03. The highest BCUT2D eigenvalue weighted by Crippen LogP contribution is 2.27. The molecule has 1 N–H and O–H groups in total. The minimum absolute atomic E-state index is 0.00990. The van der Waals surface area contributed by atoms with Gasteiger partial charge in [-0.3, -0.25) is 4.79 Å². The lowest BCUT2D eigenvalue weighted by Gasteiger charge is -2.16. The van der Waals surface area contributed by atoms with Crippen LogP contribution in [0.3, 0.4) is 0 Å². The average molecular weight is 361 g/mol. The molecule has 25 heavy (non-hydrogen) atoms. The fourth-order valence-electron chi connectivity index (χ4n) is 2.69. The summed E-state index contributed by atoms with van der Waals surface area (Å²) in [5, 5.41) is 12.0. The predicted octanol–water partition coefficient (Wildman–Crippen LogP) is 4.63. The molecule has 136 valence electrons. The Hall–Kier alpha value is -1.82. The zero-order chi connectivity index (χ0) is 18.2. The Bertz CT molecular complexity index is 696. The van der Waals surface area contributed by atoms with Crippen LogP contribution in [-0.4, -0.2) is 26.4 Å². The topological polar surface area (TPSA) is 59.8 Å². The molecular formula is C19H28N4OS. The molecule has 0 saturated carbocycles. The highest BCUT2D eigenvalue weighted by atomic mass is 32.2. The van der Waals surface area contributed by atoms with Crippen LogP contribution in [0.1, 0.15) is 57.1 Å². The van der Waals surface area contributed by atoms with Gasteiger partial charge in [0, 0.05) is 12.2 Å². The third-order valence-electron chi connectivity index (χ3n) is 4.11. The molecule has 0 fully saturated rings. The van der Waals surface area contributed by atoms with E-state index in [0.717, 1.165) is 29.4 Å². The average Bonchev–Trinajstić information content (AvgIpc) is 3.02. The number of amides is 1. The van der Waals surface area contributed by atoms with Crippen molar-refractivity contribution in [3.63, 3.8) is 0 Å². The molecule has 0 aliphatic carbocycles. The summed E-state index contributed by atoms with van der Waals surface area (Å²) in [5.41, 5.74) is 3.20. The molecule has 1 heterocycles. The zero-order valence-electron chi connectivity index (χ0n) is 15.6. The van der Waals surface area contributed by atoms with Crippen LogP contribution in [-0.2, 0) is 11.3 Å². The third-order valence-corrected chi connectivity index (χ3v) is 5.09. The van der Waals surface area contributed by atoms with Crippen molar-refractivity contribution >= 4 is 23.4 Å². The number of nitrogens with zero attached hydrogens (tertiary/aromatic N) is 3. The number of benzene rings is 1. The smallest absolute Gasteiger partial charge is 0.234 e. The molecule has 0 bridgehead atoms. The van der Waals surface area contributed by atoms with Crippen LogP contribution >= 0.6 is 11.8 Å². The Labute approximate surface area is 154 Å². The number of anilines is 1. The number of carbonyl (C=O) groups excluding carboxylic acids is 1. The summed E-state index contributed by atoms with van der Waals surface area (Å²) >= 11 is 1.44. The van der Waals surface area contributed by atoms with Gasteiger partial charge in [0.25, 0.3) is 0 Å². The second-order valence-electron chi connectivity index (χ2n) is 6.54. The van der Waals surface area contributed by atoms with Crippen molar-refractivity contribution in [1.82, 2.24) is 14.8 Å². The maximum atomic E-state index is 12.4. The first-order valence-corrected chi connectivity index (χ1v) is 9.91. The lowest BCUT2D eigenvalue weighted by atomic mass is 9.98. The maximum Gasteiger partial charge on any atom is 0.234 e. The van der Waals surface area contributed by atoms with Crippen LogP contribution in [0.25, 0.3) is 0 Å². The molecule has 0 unspecified atom stereocenters. The summed E-state index contributed by atoms with van der Waals surface area (Å²) in [7, 11) is 0. The van der Waals surface area contributed by atoms with Crippen molar-refractivity contribution in [2.24, 2.45) is 0 Å². The van der Waals surface area contributed by atoms with Gasteiger partial charge in [-0.1, -0.05) is 63.6 Å². The number of hydrogen-bond donors (Lipinski definition) is 1. The fourth-order valence-corrected chi connectivity index (χ4v) is 3.43. The molecule has 1 aromatic heterocycles. The summed E-state index contributed by atoms with van der Waals surface area (Å²) in [6.07, 6.45) is 5.22. The highest BCUT2D eigenvalue weighted by molar-refractivity contribution is 7.99. The largest absolute Gasteiger partial charge is 0.325 e. The van der Waals surface area contributed by atoms with E-state index < -0.39 is 0 Å². The number of aryl methyl sites for hydroxylation is 2. The van der Waals surface area contributed by atoms with Crippen LogP contribution in [0.2, 0.25) is 0 Å². The Morgan fingerprint density at radius 3 is 2.84 bits per heavy atom. The first-order chi connectivity index (χ1) is 12.0. The van der Waals surface area contributed by atoms with Gasteiger partial charge in [0.15, 0.2) is 5.16 Å².